The van der Waals surface area contributed by atoms with Crippen molar-refractivity contribution in [2.24, 2.45) is 0 Å². The van der Waals surface area contributed by atoms with E-state index in [0.29, 0.717) is 39.8 Å². The molecule has 1 fully saturated rings. The molecule has 5 rings (SSSR count). The number of thiophene rings is 1. The van der Waals surface area contributed by atoms with Crippen molar-refractivity contribution in [2.75, 3.05) is 26.8 Å². The Morgan fingerprint density at radius 1 is 1.18 bits per heavy atom. The molecular weight excluding hydrogens is 589 g/mol. The number of ether oxygens (including phenoxy) is 2. The van der Waals surface area contributed by atoms with Crippen LogP contribution in [0.4, 0.5) is 4.39 Å². The summed E-state index contributed by atoms with van der Waals surface area (Å²) in [4.78, 5) is 44.6. The second-order valence-corrected chi connectivity index (χ2v) is 13.2. The van der Waals surface area contributed by atoms with Gasteiger partial charge in [0.1, 0.15) is 33.0 Å². The van der Waals surface area contributed by atoms with Gasteiger partial charge in [0.2, 0.25) is 5.91 Å². The number of halogens is 1. The number of rotatable bonds is 10. The van der Waals surface area contributed by atoms with Crippen molar-refractivity contribution in [1.29, 1.82) is 0 Å². The molecule has 0 bridgehead atoms. The predicted octanol–water partition coefficient (Wildman–Crippen LogP) is 3.75. The SMILES string of the molecule is COc1ccc(F)cc1C(Cn1c(=O)n(C(C)(C)C(=O)N2CCCC2)c(=O)c2c(C)c(-n3cccn3)sc21)OCC(C)(C)O. The van der Waals surface area contributed by atoms with Crippen molar-refractivity contribution in [3.8, 4) is 10.8 Å². The van der Waals surface area contributed by atoms with Gasteiger partial charge >= 0.3 is 5.69 Å². The van der Waals surface area contributed by atoms with Crippen molar-refractivity contribution >= 4 is 27.5 Å². The van der Waals surface area contributed by atoms with Gasteiger partial charge in [0.25, 0.3) is 5.56 Å². The molecule has 0 saturated carbocycles. The normalized spacial score (nSPS) is 14.9. The molecule has 1 unspecified atom stereocenters. The van der Waals surface area contributed by atoms with E-state index in [1.54, 1.807) is 62.7 Å². The molecule has 0 spiro atoms. The molecule has 0 radical (unpaired) electrons. The molecule has 13 heteroatoms. The van der Waals surface area contributed by atoms with Crippen LogP contribution in [0, 0.1) is 12.7 Å². The lowest BCUT2D eigenvalue weighted by Gasteiger charge is -2.31. The molecule has 4 heterocycles. The van der Waals surface area contributed by atoms with Crippen LogP contribution in [0.25, 0.3) is 15.2 Å². The summed E-state index contributed by atoms with van der Waals surface area (Å²) in [5.41, 5.74) is -3.11. The third kappa shape index (κ3) is 5.83. The van der Waals surface area contributed by atoms with Gasteiger partial charge < -0.3 is 19.5 Å². The number of nitrogens with zero attached hydrogens (tertiary/aromatic N) is 5. The summed E-state index contributed by atoms with van der Waals surface area (Å²) >= 11 is 1.21. The smallest absolute Gasteiger partial charge is 0.333 e. The number of aliphatic hydroxyl groups is 1. The highest BCUT2D eigenvalue weighted by Gasteiger charge is 2.39. The number of hydrogen-bond donors (Lipinski definition) is 1. The third-order valence-corrected chi connectivity index (χ3v) is 9.20. The van der Waals surface area contributed by atoms with E-state index < -0.39 is 34.3 Å². The molecule has 4 aromatic rings. The van der Waals surface area contributed by atoms with E-state index in [1.807, 2.05) is 0 Å². The van der Waals surface area contributed by atoms with Crippen LogP contribution >= 0.6 is 11.3 Å². The first-order chi connectivity index (χ1) is 20.7. The second kappa shape index (κ2) is 11.9. The molecule has 1 aromatic carbocycles. The monoisotopic (exact) mass is 627 g/mol. The van der Waals surface area contributed by atoms with Gasteiger partial charge in [-0.15, -0.1) is 0 Å². The summed E-state index contributed by atoms with van der Waals surface area (Å²) in [5.74, 6) is -0.527. The van der Waals surface area contributed by atoms with Gasteiger partial charge in [-0.3, -0.25) is 14.2 Å². The van der Waals surface area contributed by atoms with Crippen molar-refractivity contribution in [3.05, 3.63) is 74.4 Å². The number of amides is 1. The maximum absolute atomic E-state index is 14.6. The molecule has 1 amide bonds. The fourth-order valence-electron chi connectivity index (χ4n) is 5.67. The van der Waals surface area contributed by atoms with E-state index in [2.05, 4.69) is 5.10 Å². The molecular formula is C31H38FN5O6S. The van der Waals surface area contributed by atoms with Crippen LogP contribution in [0.5, 0.6) is 5.75 Å². The Morgan fingerprint density at radius 2 is 1.89 bits per heavy atom. The zero-order chi connectivity index (χ0) is 32.0. The van der Waals surface area contributed by atoms with Crippen LogP contribution in [0.1, 0.15) is 57.8 Å². The highest BCUT2D eigenvalue weighted by Crippen LogP contribution is 2.35. The topological polar surface area (TPSA) is 121 Å². The number of carbonyl (C=O) groups excluding carboxylic acids is 1. The summed E-state index contributed by atoms with van der Waals surface area (Å²) in [6.45, 7) is 8.89. The lowest BCUT2D eigenvalue weighted by Crippen LogP contribution is -2.56. The average Bonchev–Trinajstić information content (AvgIpc) is 3.73. The largest absolute Gasteiger partial charge is 0.496 e. The van der Waals surface area contributed by atoms with Gasteiger partial charge in [-0.1, -0.05) is 11.3 Å². The zero-order valence-electron chi connectivity index (χ0n) is 25.8. The van der Waals surface area contributed by atoms with Crippen LogP contribution in [0.3, 0.4) is 0 Å². The Hall–Kier alpha value is -3.81. The maximum Gasteiger partial charge on any atom is 0.333 e. The van der Waals surface area contributed by atoms with Crippen LogP contribution in [-0.2, 0) is 21.6 Å². The fourth-order valence-corrected chi connectivity index (χ4v) is 6.91. The van der Waals surface area contributed by atoms with Crippen LogP contribution in [0.2, 0.25) is 0 Å². The molecule has 11 nitrogen and oxygen atoms in total. The zero-order valence-corrected chi connectivity index (χ0v) is 26.6. The first-order valence-corrected chi connectivity index (χ1v) is 15.3. The Morgan fingerprint density at radius 3 is 2.50 bits per heavy atom. The lowest BCUT2D eigenvalue weighted by molar-refractivity contribution is -0.138. The van der Waals surface area contributed by atoms with Crippen molar-refractivity contribution in [2.45, 2.75) is 71.2 Å². The van der Waals surface area contributed by atoms with E-state index in [0.717, 1.165) is 17.4 Å². The third-order valence-electron chi connectivity index (χ3n) is 7.90. The standard InChI is InChI=1S/C31H38FN5O6S/c1-19-24-25(38)37(31(4,5)28(39)34-13-7-8-14-34)29(40)35(27(24)44-26(19)36-15-9-12-33-36)17-23(43-18-30(2,3)41)21-16-20(32)10-11-22(21)42-6/h9-12,15-16,23,41H,7-8,13-14,17-18H2,1-6H3. The van der Waals surface area contributed by atoms with E-state index in [4.69, 9.17) is 9.47 Å². The first-order valence-electron chi connectivity index (χ1n) is 14.5. The Kier molecular flexibility index (Phi) is 8.58. The quantitative estimate of drug-likeness (QED) is 0.284. The lowest BCUT2D eigenvalue weighted by atomic mass is 10.0. The second-order valence-electron chi connectivity index (χ2n) is 12.3. The van der Waals surface area contributed by atoms with E-state index in [-0.39, 0.29) is 24.4 Å². The number of aryl methyl sites for hydroxylation is 1. The first kappa shape index (κ1) is 31.6. The number of benzene rings is 1. The molecule has 1 aliphatic heterocycles. The minimum atomic E-state index is -1.51. The minimum Gasteiger partial charge on any atom is -0.496 e. The van der Waals surface area contributed by atoms with Crippen LogP contribution in [-0.4, -0.2) is 67.2 Å². The highest BCUT2D eigenvalue weighted by atomic mass is 32.1. The van der Waals surface area contributed by atoms with Gasteiger partial charge in [-0.05, 0) is 71.7 Å². The molecule has 44 heavy (non-hydrogen) atoms. The molecule has 0 aliphatic carbocycles. The number of hydrogen-bond acceptors (Lipinski definition) is 8. The van der Waals surface area contributed by atoms with Gasteiger partial charge in [0.05, 0.1) is 31.2 Å². The van der Waals surface area contributed by atoms with Gasteiger partial charge in [0, 0.05) is 36.6 Å². The van der Waals surface area contributed by atoms with Crippen molar-refractivity contribution in [3.63, 3.8) is 0 Å². The molecule has 3 aromatic heterocycles. The highest BCUT2D eigenvalue weighted by molar-refractivity contribution is 7.21. The minimum absolute atomic E-state index is 0.143. The maximum atomic E-state index is 14.6. The van der Waals surface area contributed by atoms with E-state index in [9.17, 15) is 23.9 Å². The summed E-state index contributed by atoms with van der Waals surface area (Å²) in [7, 11) is 1.44. The molecule has 1 saturated heterocycles. The number of fused-ring (bicyclic) bond motifs is 1. The Bertz CT molecular complexity index is 1800. The van der Waals surface area contributed by atoms with E-state index in [1.165, 1.54) is 41.2 Å². The molecule has 1 atom stereocenters. The Balaban J connectivity index is 1.77. The number of aromatic nitrogens is 4. The van der Waals surface area contributed by atoms with Crippen LogP contribution in [0.15, 0.2) is 46.2 Å². The average molecular weight is 628 g/mol. The molecule has 1 aliphatic rings. The number of methoxy groups -OCH3 is 1. The number of carbonyl (C=O) groups is 1. The fraction of sp³-hybridized carbons (Fsp3) is 0.484. The van der Waals surface area contributed by atoms with Gasteiger partial charge in [0.15, 0.2) is 0 Å². The van der Waals surface area contributed by atoms with E-state index >= 15 is 0 Å². The summed E-state index contributed by atoms with van der Waals surface area (Å²) < 4.78 is 30.3. The van der Waals surface area contributed by atoms with Crippen molar-refractivity contribution < 1.29 is 23.8 Å². The van der Waals surface area contributed by atoms with Crippen LogP contribution < -0.4 is 16.0 Å². The molecule has 236 valence electrons. The van der Waals surface area contributed by atoms with Gasteiger partial charge in [-0.25, -0.2) is 18.4 Å². The molecule has 1 N–H and O–H groups in total. The summed E-state index contributed by atoms with van der Waals surface area (Å²) in [6.07, 6.45) is 4.08. The Labute approximate surface area is 258 Å². The van der Waals surface area contributed by atoms with Crippen molar-refractivity contribution in [1.82, 2.24) is 23.8 Å². The summed E-state index contributed by atoms with van der Waals surface area (Å²) in [5, 5.41) is 15.7. The predicted molar refractivity (Wildman–Crippen MR) is 165 cm³/mol. The summed E-state index contributed by atoms with van der Waals surface area (Å²) in [6, 6.07) is 5.74. The van der Waals surface area contributed by atoms with Gasteiger partial charge in [-0.2, -0.15) is 5.10 Å². The number of likely N-dealkylation sites (tertiary alicyclic amines) is 1.